The molecule has 0 spiro atoms. The van der Waals surface area contributed by atoms with Gasteiger partial charge in [0.15, 0.2) is 0 Å². The largest absolute Gasteiger partial charge is 0.377 e. The molecule has 1 unspecified atom stereocenters. The lowest BCUT2D eigenvalue weighted by molar-refractivity contribution is 0.0630. The van der Waals surface area contributed by atoms with Crippen LogP contribution in [0.5, 0.6) is 0 Å². The monoisotopic (exact) mass is 244 g/mol. The third-order valence-corrected chi connectivity index (χ3v) is 5.50. The van der Waals surface area contributed by atoms with Crippen molar-refractivity contribution in [3.8, 4) is 0 Å². The molecule has 2 saturated heterocycles. The minimum absolute atomic E-state index is 0.354. The van der Waals surface area contributed by atoms with Crippen molar-refractivity contribution >= 4 is 11.8 Å². The van der Waals surface area contributed by atoms with Gasteiger partial charge in [0.05, 0.1) is 6.10 Å². The fourth-order valence-corrected chi connectivity index (χ4v) is 3.47. The summed E-state index contributed by atoms with van der Waals surface area (Å²) in [4.78, 5) is 2.56. The predicted molar refractivity (Wildman–Crippen MR) is 69.9 cm³/mol. The van der Waals surface area contributed by atoms with E-state index in [4.69, 9.17) is 10.5 Å². The number of ether oxygens (including phenoxy) is 1. The van der Waals surface area contributed by atoms with E-state index >= 15 is 0 Å². The molecule has 2 aliphatic rings. The molecule has 0 aromatic rings. The summed E-state index contributed by atoms with van der Waals surface area (Å²) in [7, 11) is 0. The lowest BCUT2D eigenvalue weighted by Gasteiger charge is -2.40. The Morgan fingerprint density at radius 1 is 1.44 bits per heavy atom. The number of hydrogen-bond donors (Lipinski definition) is 1. The standard InChI is InChI=1S/C12H24N2OS/c1-16-12(10-13)4-6-14(7-5-12)9-11-3-2-8-15-11/h11H,2-10,13H2,1H3. The van der Waals surface area contributed by atoms with Crippen LogP contribution in [0.4, 0.5) is 0 Å². The van der Waals surface area contributed by atoms with E-state index < -0.39 is 0 Å². The first-order valence-electron chi connectivity index (χ1n) is 6.37. The summed E-state index contributed by atoms with van der Waals surface area (Å²) >= 11 is 1.96. The third kappa shape index (κ3) is 2.92. The van der Waals surface area contributed by atoms with Crippen molar-refractivity contribution in [2.24, 2.45) is 5.73 Å². The van der Waals surface area contributed by atoms with Gasteiger partial charge < -0.3 is 15.4 Å². The van der Waals surface area contributed by atoms with Crippen LogP contribution in [0.1, 0.15) is 25.7 Å². The lowest BCUT2D eigenvalue weighted by Crippen LogP contribution is -2.48. The van der Waals surface area contributed by atoms with Gasteiger partial charge in [0, 0.05) is 24.4 Å². The molecule has 0 aromatic carbocycles. The zero-order valence-corrected chi connectivity index (χ0v) is 11.1. The average molecular weight is 244 g/mol. The number of nitrogens with zero attached hydrogens (tertiary/aromatic N) is 1. The highest BCUT2D eigenvalue weighted by atomic mass is 32.2. The lowest BCUT2D eigenvalue weighted by atomic mass is 9.95. The van der Waals surface area contributed by atoms with Crippen LogP contribution in [0.2, 0.25) is 0 Å². The van der Waals surface area contributed by atoms with E-state index in [1.54, 1.807) is 0 Å². The zero-order chi connectivity index (χ0) is 11.4. The van der Waals surface area contributed by atoms with Crippen LogP contribution in [-0.4, -0.2) is 54.8 Å². The molecule has 3 nitrogen and oxygen atoms in total. The second kappa shape index (κ2) is 5.71. The van der Waals surface area contributed by atoms with Crippen molar-refractivity contribution in [3.63, 3.8) is 0 Å². The van der Waals surface area contributed by atoms with Gasteiger partial charge in [-0.3, -0.25) is 0 Å². The molecule has 0 aliphatic carbocycles. The molecule has 0 amide bonds. The summed E-state index contributed by atoms with van der Waals surface area (Å²) in [6.07, 6.45) is 7.66. The highest BCUT2D eigenvalue weighted by molar-refractivity contribution is 8.00. The van der Waals surface area contributed by atoms with Crippen LogP contribution in [0.3, 0.4) is 0 Å². The van der Waals surface area contributed by atoms with Gasteiger partial charge in [0.1, 0.15) is 0 Å². The quantitative estimate of drug-likeness (QED) is 0.809. The van der Waals surface area contributed by atoms with Crippen LogP contribution in [0.15, 0.2) is 0 Å². The van der Waals surface area contributed by atoms with Crippen LogP contribution in [-0.2, 0) is 4.74 Å². The van der Waals surface area contributed by atoms with E-state index in [1.165, 1.54) is 38.8 Å². The number of hydrogen-bond acceptors (Lipinski definition) is 4. The molecule has 2 aliphatic heterocycles. The number of piperidine rings is 1. The van der Waals surface area contributed by atoms with Crippen molar-refractivity contribution < 1.29 is 4.74 Å². The van der Waals surface area contributed by atoms with E-state index in [-0.39, 0.29) is 0 Å². The summed E-state index contributed by atoms with van der Waals surface area (Å²) < 4.78 is 6.04. The van der Waals surface area contributed by atoms with E-state index in [9.17, 15) is 0 Å². The summed E-state index contributed by atoms with van der Waals surface area (Å²) in [5.74, 6) is 0. The van der Waals surface area contributed by atoms with Gasteiger partial charge >= 0.3 is 0 Å². The predicted octanol–water partition coefficient (Wildman–Crippen LogP) is 1.32. The second-order valence-corrected chi connectivity index (χ2v) is 6.30. The fraction of sp³-hybridized carbons (Fsp3) is 1.00. The van der Waals surface area contributed by atoms with E-state index in [0.717, 1.165) is 19.7 Å². The van der Waals surface area contributed by atoms with Crippen molar-refractivity contribution in [1.29, 1.82) is 0 Å². The Bertz CT molecular complexity index is 205. The summed E-state index contributed by atoms with van der Waals surface area (Å²) in [6.45, 7) is 5.31. The molecule has 16 heavy (non-hydrogen) atoms. The molecular weight excluding hydrogens is 220 g/mol. The maximum atomic E-state index is 5.89. The fourth-order valence-electron chi connectivity index (χ4n) is 2.71. The highest BCUT2D eigenvalue weighted by Crippen LogP contribution is 2.33. The van der Waals surface area contributed by atoms with E-state index in [2.05, 4.69) is 11.2 Å². The van der Waals surface area contributed by atoms with Crippen molar-refractivity contribution in [3.05, 3.63) is 0 Å². The highest BCUT2D eigenvalue weighted by Gasteiger charge is 2.33. The van der Waals surface area contributed by atoms with Gasteiger partial charge in [-0.2, -0.15) is 11.8 Å². The molecular formula is C12H24N2OS. The summed E-state index contributed by atoms with van der Waals surface area (Å²) in [5, 5.41) is 0. The number of nitrogens with two attached hydrogens (primary N) is 1. The molecule has 94 valence electrons. The number of likely N-dealkylation sites (tertiary alicyclic amines) is 1. The van der Waals surface area contributed by atoms with Crippen molar-refractivity contribution in [1.82, 2.24) is 4.90 Å². The van der Waals surface area contributed by atoms with Gasteiger partial charge in [0.25, 0.3) is 0 Å². The second-order valence-electron chi connectivity index (χ2n) is 5.03. The molecule has 2 rings (SSSR count). The first kappa shape index (κ1) is 12.7. The molecule has 2 N–H and O–H groups in total. The van der Waals surface area contributed by atoms with Crippen LogP contribution in [0, 0.1) is 0 Å². The Kier molecular flexibility index (Phi) is 4.53. The number of thioether (sulfide) groups is 1. The molecule has 0 saturated carbocycles. The smallest absolute Gasteiger partial charge is 0.0702 e. The maximum Gasteiger partial charge on any atom is 0.0702 e. The molecule has 0 aromatic heterocycles. The minimum atomic E-state index is 0.354. The Hall–Kier alpha value is 0.230. The van der Waals surface area contributed by atoms with E-state index in [0.29, 0.717) is 10.9 Å². The average Bonchev–Trinajstić information content (AvgIpc) is 2.83. The first-order chi connectivity index (χ1) is 7.78. The van der Waals surface area contributed by atoms with Gasteiger partial charge in [-0.1, -0.05) is 0 Å². The van der Waals surface area contributed by atoms with Gasteiger partial charge in [-0.05, 0) is 45.0 Å². The van der Waals surface area contributed by atoms with Crippen LogP contribution < -0.4 is 5.73 Å². The number of rotatable bonds is 4. The molecule has 4 heteroatoms. The van der Waals surface area contributed by atoms with Crippen molar-refractivity contribution in [2.75, 3.05) is 39.0 Å². The van der Waals surface area contributed by atoms with Gasteiger partial charge in [0.2, 0.25) is 0 Å². The Balaban J connectivity index is 1.75. The first-order valence-corrected chi connectivity index (χ1v) is 7.60. The van der Waals surface area contributed by atoms with Crippen LogP contribution in [0.25, 0.3) is 0 Å². The molecule has 0 bridgehead atoms. The summed E-state index contributed by atoms with van der Waals surface area (Å²) in [5.41, 5.74) is 5.89. The molecule has 2 heterocycles. The maximum absolute atomic E-state index is 5.89. The van der Waals surface area contributed by atoms with Crippen molar-refractivity contribution in [2.45, 2.75) is 36.5 Å². The SMILES string of the molecule is CSC1(CN)CCN(CC2CCCO2)CC1. The Morgan fingerprint density at radius 3 is 2.69 bits per heavy atom. The summed E-state index contributed by atoms with van der Waals surface area (Å²) in [6, 6.07) is 0. The topological polar surface area (TPSA) is 38.5 Å². The van der Waals surface area contributed by atoms with Crippen LogP contribution >= 0.6 is 11.8 Å². The molecule has 1 atom stereocenters. The van der Waals surface area contributed by atoms with E-state index in [1.807, 2.05) is 11.8 Å². The minimum Gasteiger partial charge on any atom is -0.377 e. The van der Waals surface area contributed by atoms with Gasteiger partial charge in [-0.25, -0.2) is 0 Å². The zero-order valence-electron chi connectivity index (χ0n) is 10.3. The Labute approximate surface area is 103 Å². The van der Waals surface area contributed by atoms with Gasteiger partial charge in [-0.15, -0.1) is 0 Å². The molecule has 2 fully saturated rings. The Morgan fingerprint density at radius 2 is 2.19 bits per heavy atom. The molecule has 0 radical (unpaired) electrons. The third-order valence-electron chi connectivity index (χ3n) is 4.06. The normalized spacial score (nSPS) is 30.8.